The van der Waals surface area contributed by atoms with Crippen molar-refractivity contribution in [3.05, 3.63) is 23.8 Å². The highest BCUT2D eigenvalue weighted by molar-refractivity contribution is 5.80. The number of hydrogen-bond acceptors (Lipinski definition) is 5. The number of likely N-dealkylation sites (N-methyl/N-ethyl adjacent to an activating group) is 1. The summed E-state index contributed by atoms with van der Waals surface area (Å²) in [6.45, 7) is 0.949. The molecule has 0 saturated carbocycles. The van der Waals surface area contributed by atoms with Crippen LogP contribution in [-0.4, -0.2) is 63.8 Å². The van der Waals surface area contributed by atoms with E-state index in [0.717, 1.165) is 18.4 Å². The fraction of sp³-hybridized carbons (Fsp3) is 0.556. The molecule has 0 spiro atoms. The number of nitrogens with one attached hydrogen (secondary N) is 1. The molecule has 8 nitrogen and oxygen atoms in total. The summed E-state index contributed by atoms with van der Waals surface area (Å²) < 4.78 is 16.2. The Kier molecular flexibility index (Phi) is 7.08. The molecule has 1 heterocycles. The molecule has 1 saturated heterocycles. The quantitative estimate of drug-likeness (QED) is 0.547. The van der Waals surface area contributed by atoms with E-state index >= 15 is 0 Å². The van der Waals surface area contributed by atoms with E-state index in [1.807, 2.05) is 18.2 Å². The van der Waals surface area contributed by atoms with Gasteiger partial charge in [0.05, 0.1) is 26.9 Å². The van der Waals surface area contributed by atoms with Crippen molar-refractivity contribution in [1.29, 1.82) is 0 Å². The third-order valence-corrected chi connectivity index (χ3v) is 4.21. The number of nitrogens with zero attached hydrogens (tertiary/aromatic N) is 2. The number of amides is 1. The number of hydrogen-bond donors (Lipinski definition) is 2. The van der Waals surface area contributed by atoms with Crippen molar-refractivity contribution in [1.82, 2.24) is 10.2 Å². The minimum absolute atomic E-state index is 0.00240. The summed E-state index contributed by atoms with van der Waals surface area (Å²) in [5.74, 6) is 1.67. The maximum absolute atomic E-state index is 11.9. The van der Waals surface area contributed by atoms with Gasteiger partial charge in [0.25, 0.3) is 5.91 Å². The number of nitrogens with two attached hydrogens (primary N) is 1. The Hall–Kier alpha value is -2.48. The molecule has 0 radical (unpaired) electrons. The predicted molar refractivity (Wildman–Crippen MR) is 99.5 cm³/mol. The molecule has 0 bridgehead atoms. The van der Waals surface area contributed by atoms with Gasteiger partial charge in [-0.25, -0.2) is 4.99 Å². The number of carbonyl (C=O) groups is 1. The Morgan fingerprint density at radius 1 is 1.31 bits per heavy atom. The van der Waals surface area contributed by atoms with Crippen LogP contribution in [0.3, 0.4) is 0 Å². The number of aliphatic imine (C=N–C) groups is 1. The molecular formula is C18H28N4O4. The molecule has 3 N–H and O–H groups in total. The minimum Gasteiger partial charge on any atom is -0.493 e. The lowest BCUT2D eigenvalue weighted by Gasteiger charge is -2.17. The van der Waals surface area contributed by atoms with Crippen LogP contribution >= 0.6 is 0 Å². The van der Waals surface area contributed by atoms with E-state index in [-0.39, 0.29) is 18.1 Å². The van der Waals surface area contributed by atoms with Gasteiger partial charge in [-0.3, -0.25) is 4.79 Å². The molecule has 1 aromatic carbocycles. The summed E-state index contributed by atoms with van der Waals surface area (Å²) in [5.41, 5.74) is 6.88. The van der Waals surface area contributed by atoms with Crippen molar-refractivity contribution in [2.24, 2.45) is 10.7 Å². The monoisotopic (exact) mass is 364 g/mol. The first-order valence-electron chi connectivity index (χ1n) is 8.56. The lowest BCUT2D eigenvalue weighted by molar-refractivity contribution is -0.140. The Labute approximate surface area is 154 Å². The lowest BCUT2D eigenvalue weighted by Crippen LogP contribution is -2.39. The summed E-state index contributed by atoms with van der Waals surface area (Å²) >= 11 is 0. The molecular weight excluding hydrogens is 336 g/mol. The second kappa shape index (κ2) is 9.28. The van der Waals surface area contributed by atoms with Crippen molar-refractivity contribution < 1.29 is 19.0 Å². The standard InChI is InChI=1S/C18H28N4O4/c1-22(2)17(23)15-8-6-13(26-15)11-21-18(19)20-10-12-5-7-14(24-3)16(9-12)25-4/h5,7,9,13,15H,6,8,10-11H2,1-4H3,(H3,19,20,21). The number of benzene rings is 1. The van der Waals surface area contributed by atoms with Gasteiger partial charge in [-0.05, 0) is 30.5 Å². The van der Waals surface area contributed by atoms with E-state index in [1.54, 1.807) is 33.2 Å². The highest BCUT2D eigenvalue weighted by Gasteiger charge is 2.31. The Morgan fingerprint density at radius 2 is 2.04 bits per heavy atom. The first-order chi connectivity index (χ1) is 12.4. The average Bonchev–Trinajstić information content (AvgIpc) is 3.12. The molecule has 8 heteroatoms. The first kappa shape index (κ1) is 19.8. The van der Waals surface area contributed by atoms with Crippen molar-refractivity contribution in [2.75, 3.05) is 34.9 Å². The first-order valence-corrected chi connectivity index (χ1v) is 8.56. The van der Waals surface area contributed by atoms with Gasteiger partial charge in [0.1, 0.15) is 6.10 Å². The van der Waals surface area contributed by atoms with Crippen molar-refractivity contribution in [3.63, 3.8) is 0 Å². The maximum atomic E-state index is 11.9. The van der Waals surface area contributed by atoms with Crippen LogP contribution in [0.4, 0.5) is 0 Å². The second-order valence-corrected chi connectivity index (χ2v) is 6.33. The fourth-order valence-electron chi connectivity index (χ4n) is 2.76. The SMILES string of the molecule is COc1ccc(CN=C(N)NCC2CCC(C(=O)N(C)C)O2)cc1OC. The summed E-state index contributed by atoms with van der Waals surface area (Å²) in [5, 5.41) is 3.06. The zero-order valence-electron chi connectivity index (χ0n) is 15.8. The van der Waals surface area contributed by atoms with E-state index in [9.17, 15) is 4.79 Å². The number of rotatable bonds is 7. The summed E-state index contributed by atoms with van der Waals surface area (Å²) in [4.78, 5) is 17.8. The van der Waals surface area contributed by atoms with Gasteiger partial charge < -0.3 is 30.2 Å². The minimum atomic E-state index is -0.360. The molecule has 1 fully saturated rings. The van der Waals surface area contributed by atoms with E-state index in [2.05, 4.69) is 10.3 Å². The third kappa shape index (κ3) is 5.26. The molecule has 1 aliphatic rings. The lowest BCUT2D eigenvalue weighted by atomic mass is 10.2. The topological polar surface area (TPSA) is 98.4 Å². The van der Waals surface area contributed by atoms with Crippen molar-refractivity contribution in [3.8, 4) is 11.5 Å². The number of methoxy groups -OCH3 is 2. The van der Waals surface area contributed by atoms with E-state index < -0.39 is 0 Å². The Bertz CT molecular complexity index is 648. The van der Waals surface area contributed by atoms with E-state index in [1.165, 1.54) is 0 Å². The molecule has 2 rings (SSSR count). The molecule has 2 atom stereocenters. The van der Waals surface area contributed by atoms with E-state index in [4.69, 9.17) is 19.9 Å². The number of ether oxygens (including phenoxy) is 3. The van der Waals surface area contributed by atoms with Crippen LogP contribution < -0.4 is 20.5 Å². The molecule has 0 aliphatic carbocycles. The normalized spacial score (nSPS) is 19.9. The van der Waals surface area contributed by atoms with Crippen LogP contribution in [-0.2, 0) is 16.1 Å². The van der Waals surface area contributed by atoms with Crippen LogP contribution in [0, 0.1) is 0 Å². The number of guanidine groups is 1. The van der Waals surface area contributed by atoms with Crippen LogP contribution in [0.15, 0.2) is 23.2 Å². The molecule has 1 amide bonds. The van der Waals surface area contributed by atoms with Crippen LogP contribution in [0.5, 0.6) is 11.5 Å². The highest BCUT2D eigenvalue weighted by Crippen LogP contribution is 2.27. The summed E-state index contributed by atoms with van der Waals surface area (Å²) in [6, 6.07) is 5.62. The molecule has 144 valence electrons. The third-order valence-electron chi connectivity index (χ3n) is 4.21. The maximum Gasteiger partial charge on any atom is 0.251 e. The van der Waals surface area contributed by atoms with Gasteiger partial charge in [-0.15, -0.1) is 0 Å². The van der Waals surface area contributed by atoms with Crippen LogP contribution in [0.25, 0.3) is 0 Å². The smallest absolute Gasteiger partial charge is 0.251 e. The Balaban J connectivity index is 1.81. The van der Waals surface area contributed by atoms with Gasteiger partial charge in [0, 0.05) is 20.6 Å². The molecule has 2 unspecified atom stereocenters. The largest absolute Gasteiger partial charge is 0.493 e. The van der Waals surface area contributed by atoms with Gasteiger partial charge in [0.15, 0.2) is 17.5 Å². The zero-order valence-corrected chi connectivity index (χ0v) is 15.8. The average molecular weight is 364 g/mol. The molecule has 1 aliphatic heterocycles. The summed E-state index contributed by atoms with van der Waals surface area (Å²) in [6.07, 6.45) is 1.15. The molecule has 1 aromatic rings. The predicted octanol–water partition coefficient (Wildman–Crippen LogP) is 0.744. The number of carbonyl (C=O) groups excluding carboxylic acids is 1. The van der Waals surface area contributed by atoms with Gasteiger partial charge >= 0.3 is 0 Å². The highest BCUT2D eigenvalue weighted by atomic mass is 16.5. The zero-order chi connectivity index (χ0) is 19.1. The van der Waals surface area contributed by atoms with Crippen LogP contribution in [0.2, 0.25) is 0 Å². The van der Waals surface area contributed by atoms with Gasteiger partial charge in [0.2, 0.25) is 0 Å². The second-order valence-electron chi connectivity index (χ2n) is 6.33. The van der Waals surface area contributed by atoms with Gasteiger partial charge in [-0.1, -0.05) is 6.07 Å². The molecule has 26 heavy (non-hydrogen) atoms. The summed E-state index contributed by atoms with van der Waals surface area (Å²) in [7, 11) is 6.65. The Morgan fingerprint density at radius 3 is 2.69 bits per heavy atom. The van der Waals surface area contributed by atoms with E-state index in [0.29, 0.717) is 30.5 Å². The van der Waals surface area contributed by atoms with Crippen molar-refractivity contribution >= 4 is 11.9 Å². The van der Waals surface area contributed by atoms with Crippen LogP contribution in [0.1, 0.15) is 18.4 Å². The fourth-order valence-corrected chi connectivity index (χ4v) is 2.76. The molecule has 0 aromatic heterocycles. The van der Waals surface area contributed by atoms with Crippen molar-refractivity contribution in [2.45, 2.75) is 31.6 Å². The van der Waals surface area contributed by atoms with Gasteiger partial charge in [-0.2, -0.15) is 0 Å².